The van der Waals surface area contributed by atoms with Crippen molar-refractivity contribution in [2.45, 2.75) is 57.7 Å². The molecular weight excluding hydrogens is 290 g/mol. The van der Waals surface area contributed by atoms with E-state index >= 15 is 0 Å². The van der Waals surface area contributed by atoms with Gasteiger partial charge in [0.25, 0.3) is 0 Å². The normalized spacial score (nSPS) is 12.4. The average molecular weight is 319 g/mol. The second kappa shape index (κ2) is 9.57. The van der Waals surface area contributed by atoms with Gasteiger partial charge in [-0.25, -0.2) is 0 Å². The van der Waals surface area contributed by atoms with Crippen LogP contribution < -0.4 is 10.5 Å². The van der Waals surface area contributed by atoms with Gasteiger partial charge in [-0.05, 0) is 43.5 Å². The largest absolute Gasteiger partial charge is 0.495 e. The lowest BCUT2D eigenvalue weighted by Gasteiger charge is -2.20. The predicted octanol–water partition coefficient (Wildman–Crippen LogP) is 2.76. The van der Waals surface area contributed by atoms with Gasteiger partial charge in [-0.2, -0.15) is 0 Å². The lowest BCUT2D eigenvalue weighted by Crippen LogP contribution is -2.25. The van der Waals surface area contributed by atoms with E-state index in [0.717, 1.165) is 18.4 Å². The van der Waals surface area contributed by atoms with Gasteiger partial charge in [0.15, 0.2) is 0 Å². The Morgan fingerprint density at radius 3 is 2.43 bits per heavy atom. The Hall–Kier alpha value is -1.54. The molecule has 0 aliphatic carbocycles. The number of rotatable bonds is 8. The minimum Gasteiger partial charge on any atom is -0.495 e. The van der Waals surface area contributed by atoms with Gasteiger partial charge in [0.2, 0.25) is 0 Å². The first-order chi connectivity index (χ1) is 11.0. The van der Waals surface area contributed by atoms with Gasteiger partial charge in [0, 0.05) is 0 Å². The highest BCUT2D eigenvalue weighted by Gasteiger charge is 2.21. The van der Waals surface area contributed by atoms with Crippen LogP contribution in [0.5, 0.6) is 5.75 Å². The molecule has 0 aliphatic heterocycles. The van der Waals surface area contributed by atoms with E-state index in [-0.39, 0.29) is 0 Å². The molecule has 0 amide bonds. The Bertz CT molecular complexity index is 539. The van der Waals surface area contributed by atoms with Gasteiger partial charge < -0.3 is 20.7 Å². The van der Waals surface area contributed by atoms with Crippen molar-refractivity contribution in [3.8, 4) is 17.6 Å². The summed E-state index contributed by atoms with van der Waals surface area (Å²) in [5.74, 6) is 6.69. The maximum Gasteiger partial charge on any atom is 0.134 e. The molecule has 0 fully saturated rings. The smallest absolute Gasteiger partial charge is 0.134 e. The standard InChI is InChI=1S/C19H29NO3/c1-4-10-19(22,11-5-2)12-8-16-14-15(17(21)9-13-20)6-7-18(16)23-3/h6-7,14,17,21-22H,4-5,9-11,13,20H2,1-3H3/t17-/m1/s1. The third-order valence-corrected chi connectivity index (χ3v) is 3.81. The van der Waals surface area contributed by atoms with Crippen molar-refractivity contribution in [1.29, 1.82) is 0 Å². The van der Waals surface area contributed by atoms with Crippen LogP contribution in [-0.2, 0) is 0 Å². The van der Waals surface area contributed by atoms with E-state index in [9.17, 15) is 10.2 Å². The molecule has 4 heteroatoms. The topological polar surface area (TPSA) is 75.7 Å². The first-order valence-corrected chi connectivity index (χ1v) is 8.31. The maximum absolute atomic E-state index is 10.6. The van der Waals surface area contributed by atoms with Crippen molar-refractivity contribution in [2.75, 3.05) is 13.7 Å². The minimum atomic E-state index is -0.972. The molecule has 0 aromatic heterocycles. The van der Waals surface area contributed by atoms with E-state index in [1.807, 2.05) is 26.0 Å². The number of aliphatic hydroxyl groups excluding tert-OH is 1. The summed E-state index contributed by atoms with van der Waals surface area (Å²) in [5.41, 5.74) is 5.96. The molecule has 1 aromatic rings. The van der Waals surface area contributed by atoms with Gasteiger partial charge in [-0.3, -0.25) is 0 Å². The number of methoxy groups -OCH3 is 1. The Morgan fingerprint density at radius 2 is 1.91 bits per heavy atom. The molecule has 0 aliphatic rings. The quantitative estimate of drug-likeness (QED) is 0.644. The molecule has 0 spiro atoms. The van der Waals surface area contributed by atoms with Crippen LogP contribution in [0.25, 0.3) is 0 Å². The molecule has 4 N–H and O–H groups in total. The third kappa shape index (κ3) is 5.87. The predicted molar refractivity (Wildman–Crippen MR) is 93.3 cm³/mol. The maximum atomic E-state index is 10.6. The minimum absolute atomic E-state index is 0.418. The summed E-state index contributed by atoms with van der Waals surface area (Å²) < 4.78 is 5.33. The fourth-order valence-electron chi connectivity index (χ4n) is 2.62. The van der Waals surface area contributed by atoms with Crippen LogP contribution >= 0.6 is 0 Å². The Balaban J connectivity index is 3.15. The van der Waals surface area contributed by atoms with E-state index in [1.54, 1.807) is 13.2 Å². The van der Waals surface area contributed by atoms with Crippen LogP contribution in [0.3, 0.4) is 0 Å². The fraction of sp³-hybridized carbons (Fsp3) is 0.579. The van der Waals surface area contributed by atoms with Crippen LogP contribution in [-0.4, -0.2) is 29.5 Å². The number of nitrogens with two attached hydrogens (primary N) is 1. The van der Waals surface area contributed by atoms with Crippen LogP contribution in [0, 0.1) is 11.8 Å². The summed E-state index contributed by atoms with van der Waals surface area (Å²) >= 11 is 0. The van der Waals surface area contributed by atoms with E-state index in [0.29, 0.717) is 37.1 Å². The highest BCUT2D eigenvalue weighted by atomic mass is 16.5. The molecule has 0 saturated heterocycles. The van der Waals surface area contributed by atoms with E-state index < -0.39 is 11.7 Å². The Kier molecular flexibility index (Phi) is 8.11. The second-order valence-corrected chi connectivity index (χ2v) is 5.83. The average Bonchev–Trinajstić information content (AvgIpc) is 2.53. The molecule has 0 heterocycles. The molecule has 0 radical (unpaired) electrons. The molecule has 23 heavy (non-hydrogen) atoms. The van der Waals surface area contributed by atoms with E-state index in [1.165, 1.54) is 0 Å². The van der Waals surface area contributed by atoms with Crippen molar-refractivity contribution in [2.24, 2.45) is 5.73 Å². The zero-order chi connectivity index (χ0) is 17.3. The summed E-state index contributed by atoms with van der Waals surface area (Å²) in [6.45, 7) is 4.49. The molecular formula is C19H29NO3. The van der Waals surface area contributed by atoms with E-state index in [2.05, 4.69) is 11.8 Å². The SMILES string of the molecule is CCCC(O)(C#Cc1cc([C@H](O)CCN)ccc1OC)CCC. The van der Waals surface area contributed by atoms with E-state index in [4.69, 9.17) is 10.5 Å². The van der Waals surface area contributed by atoms with Crippen molar-refractivity contribution >= 4 is 0 Å². The van der Waals surface area contributed by atoms with Gasteiger partial charge >= 0.3 is 0 Å². The number of hydrogen-bond donors (Lipinski definition) is 3. The van der Waals surface area contributed by atoms with Gasteiger partial charge in [-0.15, -0.1) is 0 Å². The molecule has 1 rings (SSSR count). The number of benzene rings is 1. The zero-order valence-corrected chi connectivity index (χ0v) is 14.4. The molecule has 4 nitrogen and oxygen atoms in total. The molecule has 0 bridgehead atoms. The first-order valence-electron chi connectivity index (χ1n) is 8.31. The van der Waals surface area contributed by atoms with Crippen molar-refractivity contribution in [1.82, 2.24) is 0 Å². The summed E-state index contributed by atoms with van der Waals surface area (Å²) in [7, 11) is 1.58. The van der Waals surface area contributed by atoms with Crippen LogP contribution in [0.15, 0.2) is 18.2 Å². The molecule has 1 aromatic carbocycles. The molecule has 0 saturated carbocycles. The Morgan fingerprint density at radius 1 is 1.26 bits per heavy atom. The van der Waals surface area contributed by atoms with Crippen LogP contribution in [0.4, 0.5) is 0 Å². The zero-order valence-electron chi connectivity index (χ0n) is 14.4. The molecule has 128 valence electrons. The third-order valence-electron chi connectivity index (χ3n) is 3.81. The number of aliphatic hydroxyl groups is 2. The highest BCUT2D eigenvalue weighted by molar-refractivity contribution is 5.49. The monoisotopic (exact) mass is 319 g/mol. The molecule has 0 unspecified atom stereocenters. The van der Waals surface area contributed by atoms with Crippen molar-refractivity contribution in [3.05, 3.63) is 29.3 Å². The van der Waals surface area contributed by atoms with Crippen LogP contribution in [0.2, 0.25) is 0 Å². The van der Waals surface area contributed by atoms with Gasteiger partial charge in [0.1, 0.15) is 11.4 Å². The number of ether oxygens (including phenoxy) is 1. The summed E-state index contributed by atoms with van der Waals surface area (Å²) in [5, 5.41) is 20.7. The molecule has 1 atom stereocenters. The summed E-state index contributed by atoms with van der Waals surface area (Å²) in [6, 6.07) is 5.41. The lowest BCUT2D eigenvalue weighted by molar-refractivity contribution is 0.0807. The van der Waals surface area contributed by atoms with Crippen molar-refractivity contribution in [3.63, 3.8) is 0 Å². The number of hydrogen-bond acceptors (Lipinski definition) is 4. The summed E-state index contributed by atoms with van der Waals surface area (Å²) in [6.07, 6.45) is 2.91. The summed E-state index contributed by atoms with van der Waals surface area (Å²) in [4.78, 5) is 0. The highest BCUT2D eigenvalue weighted by Crippen LogP contribution is 2.25. The fourth-order valence-corrected chi connectivity index (χ4v) is 2.62. The second-order valence-electron chi connectivity index (χ2n) is 5.83. The van der Waals surface area contributed by atoms with Crippen molar-refractivity contribution < 1.29 is 14.9 Å². The first kappa shape index (κ1) is 19.5. The van der Waals surface area contributed by atoms with Crippen LogP contribution in [0.1, 0.15) is 63.2 Å². The Labute approximate surface area is 139 Å². The van der Waals surface area contributed by atoms with Gasteiger partial charge in [0.05, 0.1) is 18.8 Å². The van der Waals surface area contributed by atoms with Gasteiger partial charge in [-0.1, -0.05) is 44.6 Å². The lowest BCUT2D eigenvalue weighted by atomic mass is 9.93.